The fourth-order valence-electron chi connectivity index (χ4n) is 3.51. The van der Waals surface area contributed by atoms with Gasteiger partial charge in [-0.15, -0.1) is 0 Å². The Labute approximate surface area is 225 Å². The molecule has 0 spiro atoms. The van der Waals surface area contributed by atoms with E-state index < -0.39 is 26.9 Å². The van der Waals surface area contributed by atoms with Crippen LogP contribution >= 0.6 is 0 Å². The maximum absolute atomic E-state index is 12.8. The summed E-state index contributed by atoms with van der Waals surface area (Å²) in [4.78, 5) is 0. The molecule has 9 nitrogen and oxygen atoms in total. The number of halogens is 1. The minimum atomic E-state index is -5.17. The number of hydrogen-bond donors (Lipinski definition) is 0. The van der Waals surface area contributed by atoms with Crippen LogP contribution in [-0.2, 0) is 20.6 Å². The van der Waals surface area contributed by atoms with Gasteiger partial charge in [0.25, 0.3) is 6.29 Å². The molecular formula is C27H23FO9S2. The number of rotatable bonds is 11. The molecule has 0 saturated heterocycles. The molecule has 0 saturated carbocycles. The zero-order valence-electron chi connectivity index (χ0n) is 20.7. The summed E-state index contributed by atoms with van der Waals surface area (Å²) in [6.07, 6.45) is -0.0653. The second kappa shape index (κ2) is 11.6. The molecule has 0 bridgehead atoms. The van der Waals surface area contributed by atoms with Gasteiger partial charge in [-0.25, -0.2) is 0 Å². The molecule has 0 amide bonds. The van der Waals surface area contributed by atoms with E-state index in [-0.39, 0.29) is 17.2 Å². The van der Waals surface area contributed by atoms with Gasteiger partial charge in [-0.05, 0) is 77.9 Å². The second-order valence-electron chi connectivity index (χ2n) is 8.13. The lowest BCUT2D eigenvalue weighted by atomic mass is 10.0. The highest BCUT2D eigenvalue weighted by Crippen LogP contribution is 2.32. The quantitative estimate of drug-likeness (QED) is 0.131. The Kier molecular flexibility index (Phi) is 8.27. The molecule has 0 N–H and O–H groups in total. The fraction of sp³-hybridized carbons (Fsp3) is 0.111. The molecule has 4 aromatic rings. The predicted octanol–water partition coefficient (Wildman–Crippen LogP) is 5.45. The van der Waals surface area contributed by atoms with E-state index in [9.17, 15) is 20.7 Å². The molecule has 1 atom stereocenters. The Morgan fingerprint density at radius 3 is 1.62 bits per heavy atom. The molecule has 0 aliphatic carbocycles. The van der Waals surface area contributed by atoms with Crippen LogP contribution in [0.4, 0.5) is 3.89 Å². The van der Waals surface area contributed by atoms with Crippen LogP contribution in [0.2, 0.25) is 0 Å². The first-order valence-electron chi connectivity index (χ1n) is 11.3. The van der Waals surface area contributed by atoms with Gasteiger partial charge in [-0.1, -0.05) is 34.2 Å². The summed E-state index contributed by atoms with van der Waals surface area (Å²) >= 11 is 0. The Hall–Kier alpha value is -4.29. The molecule has 0 aliphatic heterocycles. The van der Waals surface area contributed by atoms with Crippen molar-refractivity contribution in [2.24, 2.45) is 0 Å². The zero-order valence-corrected chi connectivity index (χ0v) is 22.3. The summed E-state index contributed by atoms with van der Waals surface area (Å²) in [5.74, 6) is 1.18. The fourth-order valence-corrected chi connectivity index (χ4v) is 4.31. The van der Waals surface area contributed by atoms with Crippen LogP contribution in [0.1, 0.15) is 11.9 Å². The third-order valence-electron chi connectivity index (χ3n) is 5.14. The predicted molar refractivity (Wildman–Crippen MR) is 141 cm³/mol. The first kappa shape index (κ1) is 27.7. The van der Waals surface area contributed by atoms with Crippen LogP contribution in [-0.4, -0.2) is 30.2 Å². The van der Waals surface area contributed by atoms with Crippen LogP contribution in [0.25, 0.3) is 11.1 Å². The number of methoxy groups -OCH3 is 1. The van der Waals surface area contributed by atoms with E-state index in [1.165, 1.54) is 48.5 Å². The van der Waals surface area contributed by atoms with Gasteiger partial charge in [-0.2, -0.15) is 16.8 Å². The van der Waals surface area contributed by atoms with Crippen LogP contribution in [0.15, 0.2) is 97.1 Å². The van der Waals surface area contributed by atoms with Gasteiger partial charge in [0.1, 0.15) is 28.7 Å². The smallest absolute Gasteiger partial charge is 0.488 e. The molecule has 1 unspecified atom stereocenters. The van der Waals surface area contributed by atoms with Gasteiger partial charge < -0.3 is 22.6 Å². The standard InChI is InChI=1S/C27H23FO9S2/c1-33-26-8-4-6-20(18-26)19-5-3-7-21(17-19)27(34-22-9-13-24(14-10-22)36-38(2,29)30)35-23-11-15-25(16-12-23)37-39(28,31)32/h3-18,27H,1-2H3. The molecule has 4 aromatic carbocycles. The summed E-state index contributed by atoms with van der Waals surface area (Å²) in [5, 5.41) is 0. The minimum absolute atomic E-state index is 0.112. The zero-order chi connectivity index (χ0) is 28.0. The number of hydrogen-bond acceptors (Lipinski definition) is 9. The van der Waals surface area contributed by atoms with E-state index in [1.807, 2.05) is 42.5 Å². The van der Waals surface area contributed by atoms with E-state index in [4.69, 9.17) is 18.4 Å². The lowest BCUT2D eigenvalue weighted by Gasteiger charge is -2.22. The van der Waals surface area contributed by atoms with Crippen molar-refractivity contribution in [3.05, 3.63) is 103 Å². The molecule has 0 fully saturated rings. The molecule has 39 heavy (non-hydrogen) atoms. The largest absolute Gasteiger partial charge is 0.497 e. The molecule has 204 valence electrons. The highest BCUT2D eigenvalue weighted by Gasteiger charge is 2.18. The lowest BCUT2D eigenvalue weighted by Crippen LogP contribution is -2.15. The summed E-state index contributed by atoms with van der Waals surface area (Å²) < 4.78 is 83.7. The van der Waals surface area contributed by atoms with E-state index in [2.05, 4.69) is 4.18 Å². The van der Waals surface area contributed by atoms with Crippen molar-refractivity contribution in [3.63, 3.8) is 0 Å². The van der Waals surface area contributed by atoms with Crippen molar-refractivity contribution in [1.29, 1.82) is 0 Å². The minimum Gasteiger partial charge on any atom is -0.497 e. The van der Waals surface area contributed by atoms with E-state index in [1.54, 1.807) is 13.2 Å². The third kappa shape index (κ3) is 8.35. The van der Waals surface area contributed by atoms with E-state index in [0.29, 0.717) is 17.1 Å². The third-order valence-corrected chi connectivity index (χ3v) is 6.03. The highest BCUT2D eigenvalue weighted by molar-refractivity contribution is 7.86. The summed E-state index contributed by atoms with van der Waals surface area (Å²) in [5.41, 5.74) is 2.38. The number of benzene rings is 4. The maximum atomic E-state index is 12.8. The van der Waals surface area contributed by atoms with Gasteiger partial charge in [-0.3, -0.25) is 0 Å². The van der Waals surface area contributed by atoms with Crippen LogP contribution < -0.4 is 22.6 Å². The Bertz CT molecular complexity index is 1560. The monoisotopic (exact) mass is 574 g/mol. The maximum Gasteiger partial charge on any atom is 0.488 e. The van der Waals surface area contributed by atoms with Crippen LogP contribution in [0.5, 0.6) is 28.7 Å². The van der Waals surface area contributed by atoms with Crippen molar-refractivity contribution in [3.8, 4) is 39.9 Å². The van der Waals surface area contributed by atoms with Crippen molar-refractivity contribution in [2.75, 3.05) is 13.4 Å². The molecule has 0 radical (unpaired) electrons. The normalized spacial score (nSPS) is 12.3. The van der Waals surface area contributed by atoms with Crippen molar-refractivity contribution in [2.45, 2.75) is 6.29 Å². The molecular weight excluding hydrogens is 551 g/mol. The van der Waals surface area contributed by atoms with Crippen molar-refractivity contribution in [1.82, 2.24) is 0 Å². The second-order valence-corrected chi connectivity index (χ2v) is 10.7. The summed E-state index contributed by atoms with van der Waals surface area (Å²) in [7, 11) is -7.28. The SMILES string of the molecule is COc1cccc(-c2cccc(C(Oc3ccc(OS(C)(=O)=O)cc3)Oc3ccc(OS(=O)(=O)F)cc3)c2)c1. The number of ether oxygens (including phenoxy) is 3. The first-order chi connectivity index (χ1) is 18.5. The topological polar surface area (TPSA) is 114 Å². The Morgan fingerprint density at radius 1 is 0.615 bits per heavy atom. The lowest BCUT2D eigenvalue weighted by molar-refractivity contribution is 0.00379. The van der Waals surface area contributed by atoms with Gasteiger partial charge >= 0.3 is 20.6 Å². The summed E-state index contributed by atoms with van der Waals surface area (Å²) in [6, 6.07) is 26.1. The van der Waals surface area contributed by atoms with Gasteiger partial charge in [0, 0.05) is 5.56 Å². The molecule has 0 aliphatic rings. The molecule has 12 heteroatoms. The Morgan fingerprint density at radius 2 is 1.10 bits per heavy atom. The van der Waals surface area contributed by atoms with Crippen LogP contribution in [0, 0.1) is 0 Å². The van der Waals surface area contributed by atoms with E-state index >= 15 is 0 Å². The average Bonchev–Trinajstić information content (AvgIpc) is 2.89. The Balaban J connectivity index is 1.64. The van der Waals surface area contributed by atoms with Gasteiger partial charge in [0.05, 0.1) is 13.4 Å². The first-order valence-corrected chi connectivity index (χ1v) is 14.4. The molecule has 0 heterocycles. The van der Waals surface area contributed by atoms with Crippen LogP contribution in [0.3, 0.4) is 0 Å². The van der Waals surface area contributed by atoms with Gasteiger partial charge in [0.15, 0.2) is 0 Å². The molecule has 0 aromatic heterocycles. The molecule has 4 rings (SSSR count). The van der Waals surface area contributed by atoms with E-state index in [0.717, 1.165) is 17.4 Å². The summed E-state index contributed by atoms with van der Waals surface area (Å²) in [6.45, 7) is 0. The van der Waals surface area contributed by atoms with Crippen molar-refractivity contribution < 1.29 is 43.3 Å². The van der Waals surface area contributed by atoms with Crippen molar-refractivity contribution >= 4 is 20.6 Å². The average molecular weight is 575 g/mol. The highest BCUT2D eigenvalue weighted by atomic mass is 32.3. The van der Waals surface area contributed by atoms with Gasteiger partial charge in [0.2, 0.25) is 0 Å².